The first kappa shape index (κ1) is 20.7. The monoisotopic (exact) mass is 435 g/mol. The Morgan fingerprint density at radius 1 is 1.28 bits per heavy atom. The van der Waals surface area contributed by atoms with Gasteiger partial charge in [0.1, 0.15) is 5.69 Å². The number of pyridine rings is 1. The number of nitrogens with zero attached hydrogens (tertiary/aromatic N) is 3. The zero-order valence-electron chi connectivity index (χ0n) is 18.8. The van der Waals surface area contributed by atoms with Crippen molar-refractivity contribution in [3.8, 4) is 0 Å². The summed E-state index contributed by atoms with van der Waals surface area (Å²) in [6, 6.07) is 5.45. The molecule has 1 aliphatic heterocycles. The number of H-pyrrole nitrogens is 1. The molecule has 3 aromatic rings. The molecule has 0 radical (unpaired) electrons. The molecular weight excluding hydrogens is 406 g/mol. The first-order valence-electron chi connectivity index (χ1n) is 11.2. The van der Waals surface area contributed by atoms with Gasteiger partial charge in [0.2, 0.25) is 0 Å². The van der Waals surface area contributed by atoms with Gasteiger partial charge in [-0.3, -0.25) is 19.7 Å². The van der Waals surface area contributed by atoms with E-state index in [1.54, 1.807) is 18.5 Å². The lowest BCUT2D eigenvalue weighted by Crippen LogP contribution is -2.40. The van der Waals surface area contributed by atoms with Crippen LogP contribution in [-0.2, 0) is 5.41 Å². The summed E-state index contributed by atoms with van der Waals surface area (Å²) in [6.07, 6.45) is 6.32. The number of rotatable bonds is 4. The second-order valence-corrected chi connectivity index (χ2v) is 10.2. The summed E-state index contributed by atoms with van der Waals surface area (Å²) < 4.78 is 5.60. The number of furan rings is 1. The number of aromatic nitrogens is 3. The van der Waals surface area contributed by atoms with Crippen molar-refractivity contribution in [2.24, 2.45) is 11.3 Å². The van der Waals surface area contributed by atoms with Gasteiger partial charge in [0.15, 0.2) is 11.3 Å². The average Bonchev–Trinajstić information content (AvgIpc) is 3.16. The number of likely N-dealkylation sites (tertiary alicyclic amines) is 1. The Labute approximate surface area is 186 Å². The van der Waals surface area contributed by atoms with E-state index in [0.29, 0.717) is 29.5 Å². The Kier molecular flexibility index (Phi) is 4.83. The molecule has 1 atom stereocenters. The molecule has 1 unspecified atom stereocenters. The fourth-order valence-corrected chi connectivity index (χ4v) is 4.76. The van der Waals surface area contributed by atoms with Gasteiger partial charge in [-0.25, -0.2) is 0 Å². The smallest absolute Gasteiger partial charge is 0.287 e. The molecule has 32 heavy (non-hydrogen) atoms. The maximum absolute atomic E-state index is 12.9. The van der Waals surface area contributed by atoms with Gasteiger partial charge < -0.3 is 14.6 Å². The highest BCUT2D eigenvalue weighted by atomic mass is 16.3. The maximum Gasteiger partial charge on any atom is 0.287 e. The number of carbonyl (C=O) groups is 2. The Morgan fingerprint density at radius 3 is 2.75 bits per heavy atom. The Morgan fingerprint density at radius 2 is 2.06 bits per heavy atom. The number of hydrogen-bond acceptors (Lipinski definition) is 5. The minimum absolute atomic E-state index is 0.00326. The second kappa shape index (κ2) is 7.46. The molecule has 168 valence electrons. The van der Waals surface area contributed by atoms with E-state index < -0.39 is 0 Å². The molecule has 2 amide bonds. The van der Waals surface area contributed by atoms with Crippen LogP contribution in [0.5, 0.6) is 0 Å². The summed E-state index contributed by atoms with van der Waals surface area (Å²) in [5.41, 5.74) is 2.25. The lowest BCUT2D eigenvalue weighted by atomic mass is 9.90. The fourth-order valence-electron chi connectivity index (χ4n) is 4.76. The van der Waals surface area contributed by atoms with E-state index in [-0.39, 0.29) is 22.6 Å². The van der Waals surface area contributed by atoms with E-state index in [4.69, 9.17) is 4.42 Å². The quantitative estimate of drug-likeness (QED) is 0.653. The molecule has 4 heterocycles. The number of amides is 2. The number of hydrogen-bond donors (Lipinski definition) is 2. The van der Waals surface area contributed by atoms with Crippen LogP contribution in [0, 0.1) is 11.3 Å². The van der Waals surface area contributed by atoms with E-state index in [9.17, 15) is 9.59 Å². The molecule has 0 bridgehead atoms. The molecule has 3 aromatic heterocycles. The summed E-state index contributed by atoms with van der Waals surface area (Å²) in [5.74, 6) is 0.574. The second-order valence-electron chi connectivity index (χ2n) is 10.2. The third-order valence-corrected chi connectivity index (χ3v) is 7.07. The van der Waals surface area contributed by atoms with E-state index in [1.807, 2.05) is 17.0 Å². The van der Waals surface area contributed by atoms with Gasteiger partial charge in [-0.1, -0.05) is 20.8 Å². The highest BCUT2D eigenvalue weighted by Crippen LogP contribution is 2.59. The molecule has 0 aromatic carbocycles. The summed E-state index contributed by atoms with van der Waals surface area (Å²) in [4.78, 5) is 31.3. The van der Waals surface area contributed by atoms with Crippen molar-refractivity contribution in [1.82, 2.24) is 25.4 Å². The number of carbonyl (C=O) groups excluding carboxylic acids is 2. The first-order chi connectivity index (χ1) is 15.2. The van der Waals surface area contributed by atoms with Crippen molar-refractivity contribution in [1.29, 1.82) is 0 Å². The highest BCUT2D eigenvalue weighted by molar-refractivity contribution is 5.96. The van der Waals surface area contributed by atoms with Crippen LogP contribution in [0.1, 0.15) is 66.8 Å². The number of fused-ring (bicyclic) bond motifs is 1. The summed E-state index contributed by atoms with van der Waals surface area (Å²) in [6.45, 7) is 8.38. The van der Waals surface area contributed by atoms with Gasteiger partial charge in [-0.2, -0.15) is 5.10 Å². The zero-order valence-corrected chi connectivity index (χ0v) is 18.8. The van der Waals surface area contributed by atoms with Crippen LogP contribution in [0.25, 0.3) is 11.0 Å². The van der Waals surface area contributed by atoms with Crippen molar-refractivity contribution in [2.45, 2.75) is 45.4 Å². The van der Waals surface area contributed by atoms with E-state index in [1.165, 1.54) is 0 Å². The SMILES string of the molecule is CC(C)(C)c1cc(C(=O)N2CCC3(CC2)CC3CNC(=O)c2cc3ccncc3o2)n[nH]1. The molecule has 1 aliphatic carbocycles. The standard InChI is InChI=1S/C24H29N5O3/c1-23(2,3)20-11-17(27-28-20)22(31)29-8-5-24(6-9-29)12-16(24)13-26-21(30)18-10-15-4-7-25-14-19(15)32-18/h4,7,10-11,14,16H,5-6,8-9,12-13H2,1-3H3,(H,26,30)(H,27,28). The Balaban J connectivity index is 1.13. The largest absolute Gasteiger partial charge is 0.449 e. The molecule has 8 heteroatoms. The molecule has 2 fully saturated rings. The predicted molar refractivity (Wildman–Crippen MR) is 119 cm³/mol. The Hall–Kier alpha value is -3.16. The average molecular weight is 436 g/mol. The van der Waals surface area contributed by atoms with Crippen molar-refractivity contribution >= 4 is 22.8 Å². The van der Waals surface area contributed by atoms with Crippen LogP contribution in [0.2, 0.25) is 0 Å². The van der Waals surface area contributed by atoms with Gasteiger partial charge in [-0.15, -0.1) is 0 Å². The summed E-state index contributed by atoms with van der Waals surface area (Å²) in [7, 11) is 0. The van der Waals surface area contributed by atoms with Gasteiger partial charge in [0.25, 0.3) is 11.8 Å². The van der Waals surface area contributed by atoms with E-state index in [2.05, 4.69) is 41.3 Å². The molecule has 1 saturated carbocycles. The van der Waals surface area contributed by atoms with Crippen LogP contribution < -0.4 is 5.32 Å². The van der Waals surface area contributed by atoms with Crippen LogP contribution in [0.15, 0.2) is 35.0 Å². The first-order valence-corrected chi connectivity index (χ1v) is 11.2. The van der Waals surface area contributed by atoms with Crippen LogP contribution in [0.4, 0.5) is 0 Å². The molecule has 1 saturated heterocycles. The Bertz CT molecular complexity index is 1130. The van der Waals surface area contributed by atoms with Crippen LogP contribution in [0.3, 0.4) is 0 Å². The number of piperidine rings is 1. The number of nitrogens with one attached hydrogen (secondary N) is 2. The predicted octanol–water partition coefficient (Wildman–Crippen LogP) is 3.52. The molecule has 5 rings (SSSR count). The molecule has 1 spiro atoms. The topological polar surface area (TPSA) is 104 Å². The van der Waals surface area contributed by atoms with E-state index in [0.717, 1.165) is 43.4 Å². The van der Waals surface area contributed by atoms with Crippen LogP contribution in [-0.4, -0.2) is 51.5 Å². The third-order valence-electron chi connectivity index (χ3n) is 7.07. The third kappa shape index (κ3) is 3.78. The highest BCUT2D eigenvalue weighted by Gasteiger charge is 2.55. The minimum Gasteiger partial charge on any atom is -0.449 e. The molecular formula is C24H29N5O3. The minimum atomic E-state index is -0.191. The lowest BCUT2D eigenvalue weighted by molar-refractivity contribution is 0.0662. The van der Waals surface area contributed by atoms with Gasteiger partial charge in [-0.05, 0) is 48.8 Å². The molecule has 8 nitrogen and oxygen atoms in total. The van der Waals surface area contributed by atoms with Crippen LogP contribution >= 0.6 is 0 Å². The van der Waals surface area contributed by atoms with Gasteiger partial charge >= 0.3 is 0 Å². The van der Waals surface area contributed by atoms with Gasteiger partial charge in [0.05, 0.1) is 6.20 Å². The maximum atomic E-state index is 12.9. The summed E-state index contributed by atoms with van der Waals surface area (Å²) >= 11 is 0. The lowest BCUT2D eigenvalue weighted by Gasteiger charge is -2.32. The van der Waals surface area contributed by atoms with Crippen molar-refractivity contribution in [3.05, 3.63) is 47.7 Å². The fraction of sp³-hybridized carbons (Fsp3) is 0.500. The zero-order chi connectivity index (χ0) is 22.5. The normalized spacial score (nSPS) is 20.0. The molecule has 2 N–H and O–H groups in total. The molecule has 2 aliphatic rings. The van der Waals surface area contributed by atoms with Crippen molar-refractivity contribution in [3.63, 3.8) is 0 Å². The summed E-state index contributed by atoms with van der Waals surface area (Å²) in [5, 5.41) is 11.1. The van der Waals surface area contributed by atoms with Gasteiger partial charge in [0, 0.05) is 42.3 Å². The number of aromatic amines is 1. The van der Waals surface area contributed by atoms with Crippen molar-refractivity contribution < 1.29 is 14.0 Å². The van der Waals surface area contributed by atoms with E-state index >= 15 is 0 Å². The van der Waals surface area contributed by atoms with Crippen molar-refractivity contribution in [2.75, 3.05) is 19.6 Å².